The van der Waals surface area contributed by atoms with Crippen LogP contribution in [0.5, 0.6) is 5.75 Å². The van der Waals surface area contributed by atoms with Crippen LogP contribution < -0.4 is 15.0 Å². The molecule has 6 nitrogen and oxygen atoms in total. The van der Waals surface area contributed by atoms with Crippen molar-refractivity contribution < 1.29 is 18.7 Å². The number of benzene rings is 3. The number of ether oxygens (including phenoxy) is 1. The third-order valence-corrected chi connectivity index (χ3v) is 6.06. The Labute approximate surface area is 202 Å². The molecule has 0 unspecified atom stereocenters. The van der Waals surface area contributed by atoms with Crippen molar-refractivity contribution in [2.45, 2.75) is 18.9 Å². The van der Waals surface area contributed by atoms with Crippen LogP contribution in [0.2, 0.25) is 0 Å². The van der Waals surface area contributed by atoms with Gasteiger partial charge in [-0.2, -0.15) is 0 Å². The average molecular weight is 478 g/mol. The summed E-state index contributed by atoms with van der Waals surface area (Å²) >= 11 is 5.70. The number of carbonyl (C=O) groups is 2. The quantitative estimate of drug-likeness (QED) is 0.487. The van der Waals surface area contributed by atoms with Gasteiger partial charge in [0.1, 0.15) is 17.6 Å². The Hall–Kier alpha value is -3.78. The number of rotatable bonds is 8. The molecule has 1 aliphatic rings. The van der Waals surface area contributed by atoms with E-state index >= 15 is 0 Å². The molecular formula is C26H24FN3O3S. The molecule has 0 aliphatic carbocycles. The SMILES string of the molecule is COc1ccc(N2C(=O)[C@H](CC(=O)Nc3ccc(F)cc3)N(CCc3ccccc3)C2=S)cc1. The monoisotopic (exact) mass is 477 g/mol. The molecule has 174 valence electrons. The molecule has 3 aromatic carbocycles. The summed E-state index contributed by atoms with van der Waals surface area (Å²) in [6.45, 7) is 0.482. The number of nitrogens with one attached hydrogen (secondary N) is 1. The van der Waals surface area contributed by atoms with Crippen molar-refractivity contribution in [2.24, 2.45) is 0 Å². The van der Waals surface area contributed by atoms with Crippen LogP contribution in [-0.2, 0) is 16.0 Å². The van der Waals surface area contributed by atoms with E-state index in [4.69, 9.17) is 17.0 Å². The molecule has 0 bridgehead atoms. The molecule has 0 spiro atoms. The molecule has 1 aliphatic heterocycles. The van der Waals surface area contributed by atoms with Gasteiger partial charge >= 0.3 is 0 Å². The van der Waals surface area contributed by atoms with E-state index in [2.05, 4.69) is 5.32 Å². The van der Waals surface area contributed by atoms with E-state index in [0.717, 1.165) is 5.56 Å². The van der Waals surface area contributed by atoms with Crippen molar-refractivity contribution >= 4 is 40.5 Å². The standard InChI is InChI=1S/C26H24FN3O3S/c1-33-22-13-11-21(12-14-22)30-25(32)23(17-24(31)28-20-9-7-19(27)8-10-20)29(26(30)34)16-15-18-5-3-2-4-6-18/h2-14,23H,15-17H2,1H3,(H,28,31)/t23-/m0/s1. The smallest absolute Gasteiger partial charge is 0.256 e. The maximum atomic E-state index is 13.5. The lowest BCUT2D eigenvalue weighted by molar-refractivity contribution is -0.124. The Morgan fingerprint density at radius 3 is 2.35 bits per heavy atom. The summed E-state index contributed by atoms with van der Waals surface area (Å²) in [4.78, 5) is 29.5. The zero-order valence-corrected chi connectivity index (χ0v) is 19.4. The minimum absolute atomic E-state index is 0.0855. The maximum absolute atomic E-state index is 13.5. The number of methoxy groups -OCH3 is 1. The largest absolute Gasteiger partial charge is 0.497 e. The summed E-state index contributed by atoms with van der Waals surface area (Å²) < 4.78 is 18.4. The minimum Gasteiger partial charge on any atom is -0.497 e. The van der Waals surface area contributed by atoms with Crippen molar-refractivity contribution in [3.05, 3.63) is 90.2 Å². The topological polar surface area (TPSA) is 61.9 Å². The predicted molar refractivity (Wildman–Crippen MR) is 133 cm³/mol. The van der Waals surface area contributed by atoms with Crippen LogP contribution >= 0.6 is 12.2 Å². The zero-order valence-electron chi connectivity index (χ0n) is 18.6. The fourth-order valence-corrected chi connectivity index (χ4v) is 4.29. The number of amides is 2. The molecule has 0 aromatic heterocycles. The van der Waals surface area contributed by atoms with Gasteiger partial charge in [0.25, 0.3) is 5.91 Å². The highest BCUT2D eigenvalue weighted by molar-refractivity contribution is 7.80. The molecule has 0 radical (unpaired) electrons. The first-order chi connectivity index (χ1) is 16.5. The first kappa shape index (κ1) is 23.4. The van der Waals surface area contributed by atoms with Crippen LogP contribution in [0.15, 0.2) is 78.9 Å². The number of hydrogen-bond donors (Lipinski definition) is 1. The van der Waals surface area contributed by atoms with Gasteiger partial charge in [0.2, 0.25) is 5.91 Å². The third-order valence-electron chi connectivity index (χ3n) is 5.64. The summed E-state index contributed by atoms with van der Waals surface area (Å²) in [5.74, 6) is -0.347. The molecule has 0 saturated carbocycles. The molecule has 8 heteroatoms. The van der Waals surface area contributed by atoms with Gasteiger partial charge in [-0.05, 0) is 72.7 Å². The van der Waals surface area contributed by atoms with E-state index in [-0.39, 0.29) is 18.2 Å². The molecule has 1 atom stereocenters. The summed E-state index contributed by atoms with van der Waals surface area (Å²) in [6, 6.07) is 21.7. The fraction of sp³-hybridized carbons (Fsp3) is 0.192. The molecule has 1 heterocycles. The second-order valence-corrected chi connectivity index (χ2v) is 8.22. The second-order valence-electron chi connectivity index (χ2n) is 7.86. The fourth-order valence-electron chi connectivity index (χ4n) is 3.87. The molecule has 2 amide bonds. The van der Waals surface area contributed by atoms with Crippen molar-refractivity contribution in [3.63, 3.8) is 0 Å². The number of hydrogen-bond acceptors (Lipinski definition) is 4. The van der Waals surface area contributed by atoms with Gasteiger partial charge in [-0.25, -0.2) is 4.39 Å². The van der Waals surface area contributed by atoms with Crippen molar-refractivity contribution in [1.29, 1.82) is 0 Å². The first-order valence-electron chi connectivity index (χ1n) is 10.8. The second kappa shape index (κ2) is 10.4. The van der Waals surface area contributed by atoms with E-state index in [1.54, 1.807) is 36.3 Å². The third kappa shape index (κ3) is 5.23. The molecule has 1 saturated heterocycles. The molecular weight excluding hydrogens is 453 g/mol. The molecule has 4 rings (SSSR count). The normalized spacial score (nSPS) is 15.5. The van der Waals surface area contributed by atoms with Gasteiger partial charge in [-0.15, -0.1) is 0 Å². The highest BCUT2D eigenvalue weighted by atomic mass is 32.1. The zero-order chi connectivity index (χ0) is 24.1. The van der Waals surface area contributed by atoms with E-state index in [1.807, 2.05) is 30.3 Å². The van der Waals surface area contributed by atoms with Crippen molar-refractivity contribution in [3.8, 4) is 5.75 Å². The lowest BCUT2D eigenvalue weighted by Crippen LogP contribution is -2.39. The lowest BCUT2D eigenvalue weighted by atomic mass is 10.1. The van der Waals surface area contributed by atoms with Crippen LogP contribution in [0.3, 0.4) is 0 Å². The van der Waals surface area contributed by atoms with Gasteiger partial charge in [-0.1, -0.05) is 30.3 Å². The number of thiocarbonyl (C=S) groups is 1. The number of carbonyl (C=O) groups excluding carboxylic acids is 2. The van der Waals surface area contributed by atoms with Gasteiger partial charge in [0.15, 0.2) is 5.11 Å². The van der Waals surface area contributed by atoms with Gasteiger partial charge < -0.3 is 15.0 Å². The number of halogens is 1. The Kier molecular flexibility index (Phi) is 7.18. The summed E-state index contributed by atoms with van der Waals surface area (Å²) in [7, 11) is 1.57. The van der Waals surface area contributed by atoms with E-state index < -0.39 is 11.9 Å². The van der Waals surface area contributed by atoms with Crippen LogP contribution in [0.4, 0.5) is 15.8 Å². The van der Waals surface area contributed by atoms with Crippen LogP contribution in [0, 0.1) is 5.82 Å². The number of anilines is 2. The number of nitrogens with zero attached hydrogens (tertiary/aromatic N) is 2. The first-order valence-corrected chi connectivity index (χ1v) is 11.2. The highest BCUT2D eigenvalue weighted by Crippen LogP contribution is 2.29. The molecule has 34 heavy (non-hydrogen) atoms. The minimum atomic E-state index is -0.751. The Balaban J connectivity index is 1.55. The van der Waals surface area contributed by atoms with Crippen molar-refractivity contribution in [1.82, 2.24) is 4.90 Å². The van der Waals surface area contributed by atoms with Crippen LogP contribution in [0.25, 0.3) is 0 Å². The maximum Gasteiger partial charge on any atom is 0.256 e. The molecule has 3 aromatic rings. The lowest BCUT2D eigenvalue weighted by Gasteiger charge is -2.24. The summed E-state index contributed by atoms with van der Waals surface area (Å²) in [5, 5.41) is 3.09. The summed E-state index contributed by atoms with van der Waals surface area (Å²) in [5.41, 5.74) is 2.18. The van der Waals surface area contributed by atoms with Gasteiger partial charge in [-0.3, -0.25) is 14.5 Å². The Morgan fingerprint density at radius 2 is 1.71 bits per heavy atom. The van der Waals surface area contributed by atoms with E-state index in [1.165, 1.54) is 29.2 Å². The molecule has 1 fully saturated rings. The average Bonchev–Trinajstić information content (AvgIpc) is 3.08. The van der Waals surface area contributed by atoms with E-state index in [0.29, 0.717) is 35.2 Å². The Morgan fingerprint density at radius 1 is 1.03 bits per heavy atom. The molecule has 1 N–H and O–H groups in total. The van der Waals surface area contributed by atoms with Crippen LogP contribution in [0.1, 0.15) is 12.0 Å². The van der Waals surface area contributed by atoms with Gasteiger partial charge in [0, 0.05) is 12.2 Å². The predicted octanol–water partition coefficient (Wildman–Crippen LogP) is 4.41. The Bertz CT molecular complexity index is 1170. The van der Waals surface area contributed by atoms with Crippen LogP contribution in [-0.4, -0.2) is 41.5 Å². The van der Waals surface area contributed by atoms with Crippen molar-refractivity contribution in [2.75, 3.05) is 23.9 Å². The van der Waals surface area contributed by atoms with E-state index in [9.17, 15) is 14.0 Å². The summed E-state index contributed by atoms with van der Waals surface area (Å²) in [6.07, 6.45) is 0.582. The highest BCUT2D eigenvalue weighted by Gasteiger charge is 2.43. The van der Waals surface area contributed by atoms with Gasteiger partial charge in [0.05, 0.1) is 19.2 Å².